The molecule has 2 aliphatic carbocycles. The Morgan fingerprint density at radius 3 is 2.45 bits per heavy atom. The van der Waals surface area contributed by atoms with E-state index in [0.29, 0.717) is 13.0 Å². The molecular weight excluding hydrogens is 415 g/mol. The van der Waals surface area contributed by atoms with E-state index in [-0.39, 0.29) is 23.0 Å². The molecule has 2 aromatic rings. The molecule has 1 N–H and O–H groups in total. The summed E-state index contributed by atoms with van der Waals surface area (Å²) in [5.41, 5.74) is 4.34. The topological polar surface area (TPSA) is 65.0 Å². The Kier molecular flexibility index (Phi) is 5.00. The maximum atomic E-state index is 11.8. The van der Waals surface area contributed by atoms with E-state index in [4.69, 9.17) is 14.0 Å². The van der Waals surface area contributed by atoms with Crippen molar-refractivity contribution < 1.29 is 23.9 Å². The number of fused-ring (bicyclic) bond motifs is 3. The fourth-order valence-corrected chi connectivity index (χ4v) is 5.80. The second kappa shape index (κ2) is 7.35. The Morgan fingerprint density at radius 2 is 1.82 bits per heavy atom. The normalized spacial score (nSPS) is 28.4. The molecule has 33 heavy (non-hydrogen) atoms. The van der Waals surface area contributed by atoms with Gasteiger partial charge in [0.2, 0.25) is 0 Å². The highest BCUT2D eigenvalue weighted by Gasteiger charge is 2.71. The number of carboxylic acids is 1. The summed E-state index contributed by atoms with van der Waals surface area (Å²) in [6.07, 6.45) is 1.52. The lowest BCUT2D eigenvalue weighted by molar-refractivity contribution is -0.144. The number of hydrogen-bond acceptors (Lipinski definition) is 4. The summed E-state index contributed by atoms with van der Waals surface area (Å²) in [5.74, 6) is 0.557. The van der Waals surface area contributed by atoms with Crippen LogP contribution in [0.3, 0.4) is 0 Å². The minimum atomic E-state index is -0.650. The van der Waals surface area contributed by atoms with Gasteiger partial charge in [-0.2, -0.15) is 0 Å². The fraction of sp³-hybridized carbons (Fsp3) is 0.519. The van der Waals surface area contributed by atoms with Gasteiger partial charge in [0.15, 0.2) is 0 Å². The van der Waals surface area contributed by atoms with Crippen LogP contribution in [-0.4, -0.2) is 29.4 Å². The average molecular weight is 448 g/mol. The van der Waals surface area contributed by atoms with Gasteiger partial charge in [0, 0.05) is 5.92 Å². The highest BCUT2D eigenvalue weighted by atomic mass is 16.7. The molecule has 1 saturated heterocycles. The molecule has 3 atom stereocenters. The van der Waals surface area contributed by atoms with Gasteiger partial charge < -0.3 is 19.2 Å². The minimum absolute atomic E-state index is 0.156. The van der Waals surface area contributed by atoms with Gasteiger partial charge in [-0.15, -0.1) is 0 Å². The first kappa shape index (κ1) is 22.5. The number of benzene rings is 2. The average Bonchev–Trinajstić information content (AvgIpc) is 3.13. The maximum Gasteiger partial charge on any atom is 0.495 e. The van der Waals surface area contributed by atoms with E-state index in [0.717, 1.165) is 28.8 Å². The number of carboxylic acid groups (broad SMARTS) is 1. The molecular formula is C27H33BO5. The van der Waals surface area contributed by atoms with Crippen molar-refractivity contribution in [3.05, 3.63) is 58.7 Å². The molecule has 0 bridgehead atoms. The fourth-order valence-electron chi connectivity index (χ4n) is 5.80. The highest BCUT2D eigenvalue weighted by Crippen LogP contribution is 2.72. The molecule has 1 heterocycles. The molecule has 6 heteroatoms. The smallest absolute Gasteiger partial charge is 0.489 e. The minimum Gasteiger partial charge on any atom is -0.489 e. The summed E-state index contributed by atoms with van der Waals surface area (Å²) < 4.78 is 18.6. The van der Waals surface area contributed by atoms with Crippen LogP contribution >= 0.6 is 0 Å². The van der Waals surface area contributed by atoms with Crippen LogP contribution in [0, 0.1) is 18.3 Å². The van der Waals surface area contributed by atoms with Gasteiger partial charge in [-0.25, -0.2) is 0 Å². The van der Waals surface area contributed by atoms with Crippen molar-refractivity contribution in [2.75, 3.05) is 0 Å². The zero-order valence-corrected chi connectivity index (χ0v) is 20.4. The second-order valence-electron chi connectivity index (χ2n) is 10.9. The first-order valence-corrected chi connectivity index (χ1v) is 11.9. The summed E-state index contributed by atoms with van der Waals surface area (Å²) >= 11 is 0. The number of hydrogen-bond donors (Lipinski definition) is 1. The number of carbonyl (C=O) groups is 1. The molecule has 0 amide bonds. The molecule has 1 aliphatic heterocycles. The van der Waals surface area contributed by atoms with Gasteiger partial charge in [-0.1, -0.05) is 36.8 Å². The predicted molar refractivity (Wildman–Crippen MR) is 128 cm³/mol. The van der Waals surface area contributed by atoms with E-state index >= 15 is 0 Å². The van der Waals surface area contributed by atoms with Gasteiger partial charge >= 0.3 is 13.1 Å². The molecule has 2 fully saturated rings. The summed E-state index contributed by atoms with van der Waals surface area (Å²) in [6, 6.07) is 12.4. The van der Waals surface area contributed by atoms with Crippen molar-refractivity contribution in [1.29, 1.82) is 0 Å². The molecule has 0 unspecified atom stereocenters. The maximum absolute atomic E-state index is 11.8. The van der Waals surface area contributed by atoms with E-state index < -0.39 is 18.5 Å². The molecule has 5 nitrogen and oxygen atoms in total. The monoisotopic (exact) mass is 448 g/mol. The molecule has 3 aliphatic rings. The van der Waals surface area contributed by atoms with E-state index in [1.165, 1.54) is 11.1 Å². The highest BCUT2D eigenvalue weighted by molar-refractivity contribution is 6.62. The van der Waals surface area contributed by atoms with Crippen LogP contribution in [0.5, 0.6) is 5.75 Å². The third kappa shape index (κ3) is 3.33. The summed E-state index contributed by atoms with van der Waals surface area (Å²) in [7, 11) is -0.394. The number of rotatable bonds is 6. The molecule has 0 aromatic heterocycles. The van der Waals surface area contributed by atoms with Gasteiger partial charge in [-0.05, 0) is 87.7 Å². The molecule has 0 spiro atoms. The van der Waals surface area contributed by atoms with Crippen molar-refractivity contribution in [3.63, 3.8) is 0 Å². The first-order valence-electron chi connectivity index (χ1n) is 11.9. The lowest BCUT2D eigenvalue weighted by atomic mass is 9.75. The van der Waals surface area contributed by atoms with Crippen molar-refractivity contribution in [3.8, 4) is 5.75 Å². The lowest BCUT2D eigenvalue weighted by Crippen LogP contribution is -2.41. The number of ether oxygens (including phenoxy) is 1. The number of aliphatic carboxylic acids is 1. The molecule has 5 rings (SSSR count). The van der Waals surface area contributed by atoms with Crippen LogP contribution in [-0.2, 0) is 27.1 Å². The van der Waals surface area contributed by atoms with Crippen LogP contribution in [0.25, 0.3) is 0 Å². The SMILES string of the molecule is CC[C@]1(C(=O)O)[C@@H]2Cc3cc(OCc4ccc(C)c(B5OC(C)(C)C(C)(C)O5)c4)ccc3[C@H]21. The molecule has 174 valence electrons. The van der Waals surface area contributed by atoms with Gasteiger partial charge in [0.25, 0.3) is 0 Å². The molecule has 2 aromatic carbocycles. The summed E-state index contributed by atoms with van der Waals surface area (Å²) in [5, 5.41) is 9.74. The van der Waals surface area contributed by atoms with Crippen molar-refractivity contribution >= 4 is 18.6 Å². The van der Waals surface area contributed by atoms with Crippen molar-refractivity contribution in [2.45, 2.75) is 78.1 Å². The Morgan fingerprint density at radius 1 is 1.12 bits per heavy atom. The zero-order valence-electron chi connectivity index (χ0n) is 20.4. The van der Waals surface area contributed by atoms with E-state index in [2.05, 4.69) is 65.0 Å². The summed E-state index contributed by atoms with van der Waals surface area (Å²) in [4.78, 5) is 11.8. The van der Waals surface area contributed by atoms with Crippen LogP contribution in [0.1, 0.15) is 69.2 Å². The lowest BCUT2D eigenvalue weighted by Gasteiger charge is -2.32. The van der Waals surface area contributed by atoms with E-state index in [1.54, 1.807) is 0 Å². The van der Waals surface area contributed by atoms with Crippen LogP contribution in [0.4, 0.5) is 0 Å². The van der Waals surface area contributed by atoms with E-state index in [9.17, 15) is 9.90 Å². The van der Waals surface area contributed by atoms with Crippen molar-refractivity contribution in [1.82, 2.24) is 0 Å². The Bertz CT molecular complexity index is 1110. The van der Waals surface area contributed by atoms with Crippen molar-refractivity contribution in [2.24, 2.45) is 11.3 Å². The first-order chi connectivity index (χ1) is 15.5. The van der Waals surface area contributed by atoms with Crippen LogP contribution in [0.15, 0.2) is 36.4 Å². The standard InChI is InChI=1S/C27H33BO5/c1-7-27(24(29)30)21-14-18-13-19(10-11-20(18)23(21)27)31-15-17-9-8-16(2)22(12-17)28-32-25(3,4)26(5,6)33-28/h8-13,21,23H,7,14-15H2,1-6H3,(H,29,30)/t21-,23-,27+/m1/s1. The third-order valence-electron chi connectivity index (χ3n) is 8.64. The summed E-state index contributed by atoms with van der Waals surface area (Å²) in [6.45, 7) is 12.8. The second-order valence-corrected chi connectivity index (χ2v) is 10.9. The Labute approximate surface area is 196 Å². The van der Waals surface area contributed by atoms with E-state index in [1.807, 2.05) is 13.0 Å². The number of aryl methyl sites for hydroxylation is 1. The Hall–Kier alpha value is -2.31. The molecule has 0 radical (unpaired) electrons. The largest absolute Gasteiger partial charge is 0.495 e. The zero-order chi connectivity index (χ0) is 23.8. The molecule has 1 saturated carbocycles. The Balaban J connectivity index is 1.29. The van der Waals surface area contributed by atoms with Gasteiger partial charge in [-0.3, -0.25) is 4.79 Å². The van der Waals surface area contributed by atoms with Crippen LogP contribution < -0.4 is 10.2 Å². The predicted octanol–water partition coefficient (Wildman–Crippen LogP) is 4.62. The quantitative estimate of drug-likeness (QED) is 0.654. The van der Waals surface area contributed by atoms with Crippen LogP contribution in [0.2, 0.25) is 0 Å². The van der Waals surface area contributed by atoms with Gasteiger partial charge in [0.1, 0.15) is 12.4 Å². The van der Waals surface area contributed by atoms with Gasteiger partial charge in [0.05, 0.1) is 16.6 Å². The third-order valence-corrected chi connectivity index (χ3v) is 8.64.